The van der Waals surface area contributed by atoms with Gasteiger partial charge in [-0.1, -0.05) is 22.9 Å². The molecule has 1 aromatic carbocycles. The molecule has 0 atom stereocenters. The van der Waals surface area contributed by atoms with Crippen LogP contribution in [0, 0.1) is 0 Å². The zero-order valence-electron chi connectivity index (χ0n) is 11.2. The van der Waals surface area contributed by atoms with E-state index < -0.39 is 0 Å². The lowest BCUT2D eigenvalue weighted by atomic mass is 10.2. The highest BCUT2D eigenvalue weighted by Crippen LogP contribution is 2.26. The van der Waals surface area contributed by atoms with E-state index in [1.807, 2.05) is 24.3 Å². The molecule has 1 aromatic heterocycles. The Labute approximate surface area is 136 Å². The summed E-state index contributed by atoms with van der Waals surface area (Å²) in [4.78, 5) is 4.19. The topological polar surface area (TPSA) is 34.1 Å². The van der Waals surface area contributed by atoms with Gasteiger partial charge in [-0.15, -0.1) is 0 Å². The van der Waals surface area contributed by atoms with Crippen molar-refractivity contribution in [3.63, 3.8) is 0 Å². The second-order valence-electron chi connectivity index (χ2n) is 4.30. The second kappa shape index (κ2) is 7.64. The van der Waals surface area contributed by atoms with Crippen LogP contribution in [0.5, 0.6) is 5.75 Å². The fraction of sp³-hybridized carbons (Fsp3) is 0.267. The van der Waals surface area contributed by atoms with Crippen LogP contribution >= 0.6 is 31.9 Å². The number of aromatic nitrogens is 1. The van der Waals surface area contributed by atoms with E-state index in [0.29, 0.717) is 6.54 Å². The molecule has 0 fully saturated rings. The van der Waals surface area contributed by atoms with Crippen molar-refractivity contribution in [3.05, 3.63) is 51.2 Å². The molecule has 0 aliphatic heterocycles. The molecule has 2 rings (SSSR count). The Morgan fingerprint density at radius 2 is 2.10 bits per heavy atom. The van der Waals surface area contributed by atoms with Gasteiger partial charge in [0.05, 0.1) is 12.3 Å². The largest absolute Gasteiger partial charge is 0.493 e. The minimum atomic E-state index is 0.683. The SMILES string of the molecule is CCCOc1ccc(Br)cc1CNc1cccnc1Br. The molecular weight excluding hydrogens is 384 g/mol. The zero-order valence-corrected chi connectivity index (χ0v) is 14.4. The van der Waals surface area contributed by atoms with Gasteiger partial charge in [0.1, 0.15) is 10.4 Å². The van der Waals surface area contributed by atoms with Crippen LogP contribution in [-0.4, -0.2) is 11.6 Å². The number of hydrogen-bond acceptors (Lipinski definition) is 3. The fourth-order valence-corrected chi connectivity index (χ4v) is 2.55. The van der Waals surface area contributed by atoms with Crippen molar-refractivity contribution in [2.45, 2.75) is 19.9 Å². The third-order valence-corrected chi connectivity index (χ3v) is 3.84. The molecule has 1 heterocycles. The summed E-state index contributed by atoms with van der Waals surface area (Å²) in [5, 5.41) is 3.36. The van der Waals surface area contributed by atoms with Crippen LogP contribution in [0.3, 0.4) is 0 Å². The van der Waals surface area contributed by atoms with Gasteiger partial charge in [-0.25, -0.2) is 4.98 Å². The maximum absolute atomic E-state index is 5.77. The summed E-state index contributed by atoms with van der Waals surface area (Å²) in [6.45, 7) is 3.51. The highest BCUT2D eigenvalue weighted by molar-refractivity contribution is 9.10. The van der Waals surface area contributed by atoms with Gasteiger partial charge in [0.15, 0.2) is 0 Å². The first-order chi connectivity index (χ1) is 9.70. The van der Waals surface area contributed by atoms with Crippen LogP contribution in [-0.2, 0) is 6.54 Å². The Kier molecular flexibility index (Phi) is 5.86. The molecule has 0 bridgehead atoms. The molecule has 1 N–H and O–H groups in total. The average molecular weight is 400 g/mol. The van der Waals surface area contributed by atoms with Crippen molar-refractivity contribution in [1.29, 1.82) is 0 Å². The van der Waals surface area contributed by atoms with Gasteiger partial charge in [-0.2, -0.15) is 0 Å². The third-order valence-electron chi connectivity index (χ3n) is 2.71. The summed E-state index contributed by atoms with van der Waals surface area (Å²) in [5.74, 6) is 0.919. The Morgan fingerprint density at radius 1 is 1.25 bits per heavy atom. The molecule has 106 valence electrons. The van der Waals surface area contributed by atoms with Crippen molar-refractivity contribution in [2.75, 3.05) is 11.9 Å². The zero-order chi connectivity index (χ0) is 14.4. The smallest absolute Gasteiger partial charge is 0.129 e. The molecule has 0 amide bonds. The van der Waals surface area contributed by atoms with Crippen LogP contribution in [0.15, 0.2) is 45.6 Å². The van der Waals surface area contributed by atoms with E-state index in [1.54, 1.807) is 6.20 Å². The van der Waals surface area contributed by atoms with E-state index in [1.165, 1.54) is 0 Å². The van der Waals surface area contributed by atoms with Gasteiger partial charge in [-0.05, 0) is 52.7 Å². The molecular formula is C15H16Br2N2O. The summed E-state index contributed by atoms with van der Waals surface area (Å²) < 4.78 is 7.63. The van der Waals surface area contributed by atoms with Crippen LogP contribution in [0.4, 0.5) is 5.69 Å². The number of nitrogens with zero attached hydrogens (tertiary/aromatic N) is 1. The van der Waals surface area contributed by atoms with Crippen molar-refractivity contribution >= 4 is 37.5 Å². The number of hydrogen-bond donors (Lipinski definition) is 1. The van der Waals surface area contributed by atoms with Gasteiger partial charge in [0.2, 0.25) is 0 Å². The minimum Gasteiger partial charge on any atom is -0.493 e. The standard InChI is InChI=1S/C15H16Br2N2O/c1-2-8-20-14-6-5-12(16)9-11(14)10-19-13-4-3-7-18-15(13)17/h3-7,9,19H,2,8,10H2,1H3. The summed E-state index contributed by atoms with van der Waals surface area (Å²) in [6.07, 6.45) is 2.75. The van der Waals surface area contributed by atoms with Gasteiger partial charge in [0.25, 0.3) is 0 Å². The first-order valence-corrected chi connectivity index (χ1v) is 8.05. The highest BCUT2D eigenvalue weighted by atomic mass is 79.9. The van der Waals surface area contributed by atoms with Crippen LogP contribution < -0.4 is 10.1 Å². The molecule has 5 heteroatoms. The summed E-state index contributed by atoms with van der Waals surface area (Å²) in [5.41, 5.74) is 2.08. The summed E-state index contributed by atoms with van der Waals surface area (Å²) in [6, 6.07) is 9.95. The van der Waals surface area contributed by atoms with E-state index in [-0.39, 0.29) is 0 Å². The van der Waals surface area contributed by atoms with Crippen molar-refractivity contribution in [2.24, 2.45) is 0 Å². The quantitative estimate of drug-likeness (QED) is 0.693. The molecule has 0 unspecified atom stereocenters. The van der Waals surface area contributed by atoms with Gasteiger partial charge < -0.3 is 10.1 Å². The predicted molar refractivity (Wildman–Crippen MR) is 89.2 cm³/mol. The van der Waals surface area contributed by atoms with E-state index in [2.05, 4.69) is 55.2 Å². The molecule has 0 aliphatic carbocycles. The van der Waals surface area contributed by atoms with Crippen molar-refractivity contribution in [3.8, 4) is 5.75 Å². The van der Waals surface area contributed by atoms with Crippen LogP contribution in [0.25, 0.3) is 0 Å². The van der Waals surface area contributed by atoms with Crippen LogP contribution in [0.1, 0.15) is 18.9 Å². The molecule has 0 spiro atoms. The van der Waals surface area contributed by atoms with E-state index in [0.717, 1.165) is 39.1 Å². The summed E-state index contributed by atoms with van der Waals surface area (Å²) >= 11 is 6.93. The average Bonchev–Trinajstić information content (AvgIpc) is 2.45. The third kappa shape index (κ3) is 4.21. The van der Waals surface area contributed by atoms with E-state index in [9.17, 15) is 0 Å². The second-order valence-corrected chi connectivity index (χ2v) is 5.96. The Bertz CT molecular complexity index is 576. The predicted octanol–water partition coefficient (Wildman–Crippen LogP) is 5.01. The number of nitrogens with one attached hydrogen (secondary N) is 1. The number of pyridine rings is 1. The molecule has 0 aliphatic rings. The lowest BCUT2D eigenvalue weighted by molar-refractivity contribution is 0.314. The number of ether oxygens (including phenoxy) is 1. The first-order valence-electron chi connectivity index (χ1n) is 6.46. The number of anilines is 1. The van der Waals surface area contributed by atoms with Gasteiger partial charge in [0, 0.05) is 22.8 Å². The molecule has 0 radical (unpaired) electrons. The normalized spacial score (nSPS) is 10.3. The maximum atomic E-state index is 5.77. The monoisotopic (exact) mass is 398 g/mol. The molecule has 2 aromatic rings. The Hall–Kier alpha value is -1.07. The Morgan fingerprint density at radius 3 is 2.85 bits per heavy atom. The maximum Gasteiger partial charge on any atom is 0.129 e. The minimum absolute atomic E-state index is 0.683. The summed E-state index contributed by atoms with van der Waals surface area (Å²) in [7, 11) is 0. The lowest BCUT2D eigenvalue weighted by Gasteiger charge is -2.13. The number of rotatable bonds is 6. The van der Waals surface area contributed by atoms with Gasteiger partial charge in [-0.3, -0.25) is 0 Å². The Balaban J connectivity index is 2.11. The highest BCUT2D eigenvalue weighted by Gasteiger charge is 2.06. The van der Waals surface area contributed by atoms with E-state index >= 15 is 0 Å². The number of benzene rings is 1. The molecule has 20 heavy (non-hydrogen) atoms. The van der Waals surface area contributed by atoms with Gasteiger partial charge >= 0.3 is 0 Å². The fourth-order valence-electron chi connectivity index (χ4n) is 1.75. The van der Waals surface area contributed by atoms with E-state index in [4.69, 9.17) is 4.74 Å². The molecule has 3 nitrogen and oxygen atoms in total. The molecule has 0 saturated carbocycles. The van der Waals surface area contributed by atoms with Crippen molar-refractivity contribution in [1.82, 2.24) is 4.98 Å². The first kappa shape index (κ1) is 15.3. The molecule has 0 saturated heterocycles. The van der Waals surface area contributed by atoms with Crippen molar-refractivity contribution < 1.29 is 4.74 Å². The van der Waals surface area contributed by atoms with Crippen LogP contribution in [0.2, 0.25) is 0 Å². The lowest BCUT2D eigenvalue weighted by Crippen LogP contribution is -2.05. The number of halogens is 2.